The number of nitrogens with zero attached hydrogens (tertiary/aromatic N) is 5. The van der Waals surface area contributed by atoms with Gasteiger partial charge in [0.2, 0.25) is 5.88 Å². The summed E-state index contributed by atoms with van der Waals surface area (Å²) in [5, 5.41) is 5.39. The Morgan fingerprint density at radius 2 is 2.26 bits per heavy atom. The number of aryl methyl sites for hydroxylation is 1. The number of halogens is 1. The van der Waals surface area contributed by atoms with Gasteiger partial charge in [-0.3, -0.25) is 0 Å². The van der Waals surface area contributed by atoms with Gasteiger partial charge in [0.25, 0.3) is 0 Å². The molecule has 1 saturated heterocycles. The highest BCUT2D eigenvalue weighted by Gasteiger charge is 2.20. The van der Waals surface area contributed by atoms with E-state index in [1.807, 2.05) is 37.7 Å². The van der Waals surface area contributed by atoms with Crippen LogP contribution in [0.15, 0.2) is 68.3 Å². The molecule has 2 N–H and O–H groups in total. The lowest BCUT2D eigenvalue weighted by Gasteiger charge is -2.19. The first kappa shape index (κ1) is 24.6. The molecule has 182 valence electrons. The Morgan fingerprint density at radius 1 is 1.35 bits per heavy atom. The van der Waals surface area contributed by atoms with Crippen molar-refractivity contribution < 1.29 is 13.9 Å². The van der Waals surface area contributed by atoms with Crippen LogP contribution in [-0.4, -0.2) is 65.3 Å². The Morgan fingerprint density at radius 3 is 3.06 bits per heavy atom. The van der Waals surface area contributed by atoms with Crippen molar-refractivity contribution in [3.05, 3.63) is 53.3 Å². The standard InChI is InChI=1S/C24H31FN6O2S/c1-30-23(14-22(29-30)34-31-11-12-32-17-31)33-21-7-5-18(15-25)4-6-20(13-21)24-27-10-2-3-19(8-9-26)16-28-24/h4-7,10,14,16,21H,2-3,8-9,11-13,15,17,26H2,1H3/b7-5?,18-4+,19-16+,20-6+,27-10-,28-24+. The minimum atomic E-state index is -0.562. The second kappa shape index (κ2) is 12.3. The molecule has 1 fully saturated rings. The SMILES string of the molecule is Cn1nc(SN2CCOC2)cc1OC1C=C\C(CF)=C/C=C(C2=N\C=C(\CCN)CC/C=N\2)\C1. The summed E-state index contributed by atoms with van der Waals surface area (Å²) in [6.45, 7) is 2.20. The fourth-order valence-corrected chi connectivity index (χ4v) is 4.58. The molecule has 1 aliphatic carbocycles. The number of hydrogen-bond donors (Lipinski definition) is 1. The second-order valence-corrected chi connectivity index (χ2v) is 9.31. The average molecular weight is 487 g/mol. The molecule has 0 bridgehead atoms. The number of alkyl halides is 1. The van der Waals surface area contributed by atoms with Gasteiger partial charge in [-0.05, 0) is 49.4 Å². The Hall–Kier alpha value is -2.53. The monoisotopic (exact) mass is 486 g/mol. The molecule has 0 radical (unpaired) electrons. The Labute approximate surface area is 203 Å². The fraction of sp³-hybridized carbons (Fsp3) is 0.458. The van der Waals surface area contributed by atoms with Gasteiger partial charge in [0, 0.05) is 44.1 Å². The first-order valence-corrected chi connectivity index (χ1v) is 12.3. The van der Waals surface area contributed by atoms with Crippen molar-refractivity contribution >= 4 is 24.0 Å². The third kappa shape index (κ3) is 6.75. The van der Waals surface area contributed by atoms with E-state index in [2.05, 4.69) is 19.4 Å². The van der Waals surface area contributed by atoms with Gasteiger partial charge in [0.05, 0.1) is 6.61 Å². The number of rotatable bonds is 8. The Bertz CT molecular complexity index is 1040. The number of amidine groups is 1. The smallest absolute Gasteiger partial charge is 0.213 e. The largest absolute Gasteiger partial charge is 0.470 e. The molecule has 1 unspecified atom stereocenters. The lowest BCUT2D eigenvalue weighted by Crippen LogP contribution is -2.19. The van der Waals surface area contributed by atoms with Crippen molar-refractivity contribution in [2.45, 2.75) is 36.8 Å². The number of aromatic nitrogens is 2. The summed E-state index contributed by atoms with van der Waals surface area (Å²) in [5.41, 5.74) is 8.38. The van der Waals surface area contributed by atoms with Gasteiger partial charge in [-0.25, -0.2) is 23.4 Å². The number of aliphatic imine (C=N–C) groups is 2. The van der Waals surface area contributed by atoms with Crippen molar-refractivity contribution in [3.63, 3.8) is 0 Å². The molecule has 0 aromatic carbocycles. The molecule has 2 aliphatic heterocycles. The van der Waals surface area contributed by atoms with Crippen LogP contribution in [0.5, 0.6) is 5.88 Å². The minimum absolute atomic E-state index is 0.333. The summed E-state index contributed by atoms with van der Waals surface area (Å²) in [6, 6.07) is 1.91. The van der Waals surface area contributed by atoms with Crippen LogP contribution in [0.25, 0.3) is 0 Å². The predicted octanol–water partition coefficient (Wildman–Crippen LogP) is 3.74. The van der Waals surface area contributed by atoms with Gasteiger partial charge in [-0.2, -0.15) is 5.10 Å². The van der Waals surface area contributed by atoms with Crippen LogP contribution >= 0.6 is 11.9 Å². The molecule has 10 heteroatoms. The summed E-state index contributed by atoms with van der Waals surface area (Å²) >= 11 is 1.55. The van der Waals surface area contributed by atoms with E-state index in [-0.39, 0.29) is 6.10 Å². The van der Waals surface area contributed by atoms with Gasteiger partial charge in [0.15, 0.2) is 5.84 Å². The van der Waals surface area contributed by atoms with Crippen LogP contribution < -0.4 is 10.5 Å². The minimum Gasteiger partial charge on any atom is -0.470 e. The lowest BCUT2D eigenvalue weighted by molar-refractivity contribution is 0.175. The van der Waals surface area contributed by atoms with Crippen molar-refractivity contribution in [1.82, 2.24) is 14.1 Å². The van der Waals surface area contributed by atoms with E-state index < -0.39 is 6.67 Å². The molecule has 1 atom stereocenters. The molecule has 0 amide bonds. The zero-order valence-corrected chi connectivity index (χ0v) is 20.2. The highest BCUT2D eigenvalue weighted by atomic mass is 32.2. The number of hydrogen-bond acceptors (Lipinski definition) is 8. The van der Waals surface area contributed by atoms with Gasteiger partial charge in [-0.15, -0.1) is 0 Å². The quantitative estimate of drug-likeness (QED) is 0.563. The Kier molecular flexibility index (Phi) is 8.86. The maximum Gasteiger partial charge on any atom is 0.213 e. The van der Waals surface area contributed by atoms with Gasteiger partial charge >= 0.3 is 0 Å². The van der Waals surface area contributed by atoms with Crippen molar-refractivity contribution in [2.75, 3.05) is 33.1 Å². The van der Waals surface area contributed by atoms with E-state index in [9.17, 15) is 4.39 Å². The van der Waals surface area contributed by atoms with Crippen LogP contribution in [0.3, 0.4) is 0 Å². The van der Waals surface area contributed by atoms with Gasteiger partial charge in [0.1, 0.15) is 24.5 Å². The summed E-state index contributed by atoms with van der Waals surface area (Å²) in [5.74, 6) is 1.25. The van der Waals surface area contributed by atoms with Crippen LogP contribution in [0.1, 0.15) is 25.7 Å². The van der Waals surface area contributed by atoms with Crippen molar-refractivity contribution in [1.29, 1.82) is 0 Å². The highest BCUT2D eigenvalue weighted by Crippen LogP contribution is 2.28. The third-order valence-electron chi connectivity index (χ3n) is 5.56. The van der Waals surface area contributed by atoms with Crippen molar-refractivity contribution in [2.24, 2.45) is 22.8 Å². The molecule has 0 saturated carbocycles. The first-order valence-electron chi connectivity index (χ1n) is 11.5. The predicted molar refractivity (Wildman–Crippen MR) is 134 cm³/mol. The first-order chi connectivity index (χ1) is 16.6. The molecule has 3 heterocycles. The topological polar surface area (TPSA) is 90.3 Å². The molecule has 8 nitrogen and oxygen atoms in total. The lowest BCUT2D eigenvalue weighted by atomic mass is 10.0. The average Bonchev–Trinajstić information content (AvgIpc) is 3.43. The zero-order chi connectivity index (χ0) is 23.8. The van der Waals surface area contributed by atoms with E-state index >= 15 is 0 Å². The molecule has 1 aromatic heterocycles. The summed E-state index contributed by atoms with van der Waals surface area (Å²) < 4.78 is 29.1. The van der Waals surface area contributed by atoms with Crippen LogP contribution in [0.4, 0.5) is 4.39 Å². The fourth-order valence-electron chi connectivity index (χ4n) is 3.71. The summed E-state index contributed by atoms with van der Waals surface area (Å²) in [7, 11) is 1.85. The van der Waals surface area contributed by atoms with Crippen molar-refractivity contribution in [3.8, 4) is 5.88 Å². The summed E-state index contributed by atoms with van der Waals surface area (Å²) in [6.07, 6.45) is 13.8. The van der Waals surface area contributed by atoms with Crippen LogP contribution in [-0.2, 0) is 11.8 Å². The van der Waals surface area contributed by atoms with Gasteiger partial charge < -0.3 is 15.2 Å². The molecule has 3 aliphatic rings. The number of allylic oxidation sites excluding steroid dienone is 4. The number of ether oxygens (including phenoxy) is 2. The van der Waals surface area contributed by atoms with E-state index in [0.29, 0.717) is 37.0 Å². The zero-order valence-electron chi connectivity index (χ0n) is 19.4. The molecule has 4 rings (SSSR count). The van der Waals surface area contributed by atoms with E-state index in [4.69, 9.17) is 15.2 Å². The maximum atomic E-state index is 13.5. The third-order valence-corrected chi connectivity index (χ3v) is 6.49. The van der Waals surface area contributed by atoms with E-state index in [1.54, 1.807) is 28.8 Å². The molecular weight excluding hydrogens is 455 g/mol. The van der Waals surface area contributed by atoms with Gasteiger partial charge in [-0.1, -0.05) is 23.8 Å². The van der Waals surface area contributed by atoms with Crippen LogP contribution in [0.2, 0.25) is 0 Å². The molecular formula is C24H31FN6O2S. The second-order valence-electron chi connectivity index (χ2n) is 8.19. The normalized spacial score (nSPS) is 28.7. The highest BCUT2D eigenvalue weighted by molar-refractivity contribution is 7.97. The summed E-state index contributed by atoms with van der Waals surface area (Å²) in [4.78, 5) is 9.23. The molecule has 34 heavy (non-hydrogen) atoms. The molecule has 0 spiro atoms. The maximum absolute atomic E-state index is 13.5. The Balaban J connectivity index is 1.54. The van der Waals surface area contributed by atoms with E-state index in [1.165, 1.54) is 5.57 Å². The molecule has 1 aromatic rings. The number of nitrogens with two attached hydrogens (primary N) is 1. The van der Waals surface area contributed by atoms with Crippen LogP contribution in [0, 0.1) is 0 Å². The van der Waals surface area contributed by atoms with E-state index in [0.717, 1.165) is 43.0 Å².